The molecule has 0 amide bonds. The number of hydrogen-bond donors (Lipinski definition) is 0. The van der Waals surface area contributed by atoms with Crippen molar-refractivity contribution in [3.63, 3.8) is 0 Å². The number of aryl methyl sites for hydroxylation is 1. The lowest BCUT2D eigenvalue weighted by Crippen LogP contribution is -1.79. The van der Waals surface area contributed by atoms with E-state index in [4.69, 9.17) is 0 Å². The Hall–Kier alpha value is -0.510. The van der Waals surface area contributed by atoms with Crippen molar-refractivity contribution in [1.29, 1.82) is 0 Å². The SMILES string of the molecule is CCCc1nnns1. The van der Waals surface area contributed by atoms with Crippen LogP contribution in [0.4, 0.5) is 0 Å². The fourth-order valence-corrected chi connectivity index (χ4v) is 0.997. The van der Waals surface area contributed by atoms with Crippen LogP contribution in [0.15, 0.2) is 0 Å². The van der Waals surface area contributed by atoms with Gasteiger partial charge in [-0.25, -0.2) is 0 Å². The number of nitrogens with zero attached hydrogens (tertiary/aromatic N) is 3. The van der Waals surface area contributed by atoms with Crippen molar-refractivity contribution < 1.29 is 0 Å². The average Bonchev–Trinajstić information content (AvgIpc) is 2.19. The number of rotatable bonds is 2. The fourth-order valence-electron chi connectivity index (χ4n) is 0.461. The fraction of sp³-hybridized carbons (Fsp3) is 0.750. The molecule has 3 nitrogen and oxygen atoms in total. The van der Waals surface area contributed by atoms with Gasteiger partial charge in [0.05, 0.1) is 0 Å². The molecule has 0 aliphatic rings. The van der Waals surface area contributed by atoms with Crippen molar-refractivity contribution in [1.82, 2.24) is 14.8 Å². The van der Waals surface area contributed by atoms with Gasteiger partial charge in [0.25, 0.3) is 0 Å². The molecule has 0 spiro atoms. The molecule has 0 radical (unpaired) electrons. The molecule has 4 heteroatoms. The minimum atomic E-state index is 1.01. The molecule has 0 saturated heterocycles. The smallest absolute Gasteiger partial charge is 0.122 e. The summed E-state index contributed by atoms with van der Waals surface area (Å²) in [5.41, 5.74) is 0. The largest absolute Gasteiger partial charge is 0.138 e. The summed E-state index contributed by atoms with van der Waals surface area (Å²) < 4.78 is 3.62. The van der Waals surface area contributed by atoms with Gasteiger partial charge in [0.15, 0.2) is 0 Å². The van der Waals surface area contributed by atoms with Gasteiger partial charge in [-0.3, -0.25) is 0 Å². The molecule has 0 N–H and O–H groups in total. The summed E-state index contributed by atoms with van der Waals surface area (Å²) in [6.45, 7) is 2.11. The van der Waals surface area contributed by atoms with E-state index in [1.807, 2.05) is 0 Å². The molecule has 0 saturated carbocycles. The summed E-state index contributed by atoms with van der Waals surface area (Å²) >= 11 is 1.38. The van der Waals surface area contributed by atoms with Crippen molar-refractivity contribution in [2.45, 2.75) is 19.8 Å². The van der Waals surface area contributed by atoms with Crippen LogP contribution in [0.25, 0.3) is 0 Å². The average molecular weight is 129 g/mol. The highest BCUT2D eigenvalue weighted by molar-refractivity contribution is 7.05. The van der Waals surface area contributed by atoms with Crippen molar-refractivity contribution in [3.05, 3.63) is 5.01 Å². The molecule has 44 valence electrons. The number of aromatic nitrogens is 3. The molecule has 0 unspecified atom stereocenters. The topological polar surface area (TPSA) is 38.7 Å². The molecule has 1 aromatic heterocycles. The Bertz CT molecular complexity index is 137. The molecule has 1 aromatic rings. The molecule has 0 atom stereocenters. The second kappa shape index (κ2) is 2.71. The maximum atomic E-state index is 3.76. The van der Waals surface area contributed by atoms with Crippen LogP contribution >= 0.6 is 11.5 Å². The maximum Gasteiger partial charge on any atom is 0.138 e. The van der Waals surface area contributed by atoms with Gasteiger partial charge in [-0.05, 0) is 11.6 Å². The first-order chi connectivity index (χ1) is 3.93. The Morgan fingerprint density at radius 2 is 2.50 bits per heavy atom. The second-order valence-corrected chi connectivity index (χ2v) is 2.32. The summed E-state index contributed by atoms with van der Waals surface area (Å²) in [5.74, 6) is 0. The van der Waals surface area contributed by atoms with Gasteiger partial charge >= 0.3 is 0 Å². The normalized spacial score (nSPS) is 9.62. The molecule has 1 rings (SSSR count). The van der Waals surface area contributed by atoms with E-state index < -0.39 is 0 Å². The minimum Gasteiger partial charge on any atom is -0.122 e. The van der Waals surface area contributed by atoms with E-state index in [1.165, 1.54) is 11.5 Å². The van der Waals surface area contributed by atoms with Gasteiger partial charge in [-0.2, -0.15) is 0 Å². The number of hydrogen-bond acceptors (Lipinski definition) is 4. The van der Waals surface area contributed by atoms with E-state index in [9.17, 15) is 0 Å². The van der Waals surface area contributed by atoms with Gasteiger partial charge < -0.3 is 0 Å². The lowest BCUT2D eigenvalue weighted by Gasteiger charge is -1.80. The Morgan fingerprint density at radius 1 is 1.62 bits per heavy atom. The van der Waals surface area contributed by atoms with Crippen molar-refractivity contribution >= 4 is 11.5 Å². The summed E-state index contributed by atoms with van der Waals surface area (Å²) in [7, 11) is 0. The molecule has 0 bridgehead atoms. The third-order valence-corrected chi connectivity index (χ3v) is 1.45. The van der Waals surface area contributed by atoms with Gasteiger partial charge in [0.1, 0.15) is 5.01 Å². The monoisotopic (exact) mass is 129 g/mol. The van der Waals surface area contributed by atoms with Crippen LogP contribution in [-0.4, -0.2) is 14.8 Å². The quantitative estimate of drug-likeness (QED) is 0.595. The van der Waals surface area contributed by atoms with Gasteiger partial charge in [0, 0.05) is 18.0 Å². The van der Waals surface area contributed by atoms with Crippen molar-refractivity contribution in [2.24, 2.45) is 0 Å². The van der Waals surface area contributed by atoms with Gasteiger partial charge in [0.2, 0.25) is 0 Å². The van der Waals surface area contributed by atoms with Crippen LogP contribution in [0, 0.1) is 0 Å². The third-order valence-electron chi connectivity index (χ3n) is 0.803. The molecule has 1 heterocycles. The zero-order valence-electron chi connectivity index (χ0n) is 4.66. The van der Waals surface area contributed by atoms with E-state index in [0.717, 1.165) is 17.8 Å². The Kier molecular flexibility index (Phi) is 1.91. The summed E-state index contributed by atoms with van der Waals surface area (Å²) in [6.07, 6.45) is 2.13. The summed E-state index contributed by atoms with van der Waals surface area (Å²) in [6, 6.07) is 0. The van der Waals surface area contributed by atoms with Crippen LogP contribution in [0.1, 0.15) is 18.4 Å². The van der Waals surface area contributed by atoms with Gasteiger partial charge in [-0.1, -0.05) is 11.4 Å². The van der Waals surface area contributed by atoms with E-state index in [0.29, 0.717) is 0 Å². The first kappa shape index (κ1) is 5.62. The zero-order valence-corrected chi connectivity index (χ0v) is 5.48. The third kappa shape index (κ3) is 1.23. The molecule has 0 aliphatic heterocycles. The van der Waals surface area contributed by atoms with E-state index in [2.05, 4.69) is 21.7 Å². The van der Waals surface area contributed by atoms with Crippen molar-refractivity contribution in [3.8, 4) is 0 Å². The molecule has 0 aromatic carbocycles. The highest BCUT2D eigenvalue weighted by Crippen LogP contribution is 1.99. The first-order valence-electron chi connectivity index (χ1n) is 2.57. The first-order valence-corrected chi connectivity index (χ1v) is 3.34. The molecule has 0 aliphatic carbocycles. The zero-order chi connectivity index (χ0) is 5.82. The predicted molar refractivity (Wildman–Crippen MR) is 31.7 cm³/mol. The van der Waals surface area contributed by atoms with Gasteiger partial charge in [-0.15, -0.1) is 5.10 Å². The van der Waals surface area contributed by atoms with Crippen LogP contribution in [-0.2, 0) is 6.42 Å². The minimum absolute atomic E-state index is 1.01. The highest BCUT2D eigenvalue weighted by Gasteiger charge is 1.92. The van der Waals surface area contributed by atoms with E-state index >= 15 is 0 Å². The predicted octanol–water partition coefficient (Wildman–Crippen LogP) is 0.886. The van der Waals surface area contributed by atoms with Crippen molar-refractivity contribution in [2.75, 3.05) is 0 Å². The van der Waals surface area contributed by atoms with E-state index in [-0.39, 0.29) is 0 Å². The summed E-state index contributed by atoms with van der Waals surface area (Å²) in [5, 5.41) is 8.26. The molecular formula is C4H7N3S. The van der Waals surface area contributed by atoms with Crippen LogP contribution in [0.2, 0.25) is 0 Å². The Morgan fingerprint density at radius 3 is 3.00 bits per heavy atom. The second-order valence-electron chi connectivity index (χ2n) is 1.51. The Labute approximate surface area is 51.9 Å². The lowest BCUT2D eigenvalue weighted by atomic mass is 10.4. The molecular weight excluding hydrogens is 122 g/mol. The molecule has 0 fully saturated rings. The summed E-state index contributed by atoms with van der Waals surface area (Å²) in [4.78, 5) is 0. The van der Waals surface area contributed by atoms with Crippen LogP contribution in [0.3, 0.4) is 0 Å². The highest BCUT2D eigenvalue weighted by atomic mass is 32.1. The van der Waals surface area contributed by atoms with Crippen LogP contribution < -0.4 is 0 Å². The standard InChI is InChI=1S/C4H7N3S/c1-2-3-4-5-6-7-8-4/h2-3H2,1H3. The lowest BCUT2D eigenvalue weighted by molar-refractivity contribution is 0.854. The maximum absolute atomic E-state index is 3.76. The van der Waals surface area contributed by atoms with E-state index in [1.54, 1.807) is 0 Å². The Balaban J connectivity index is 2.50. The van der Waals surface area contributed by atoms with Crippen LogP contribution in [0.5, 0.6) is 0 Å². The molecule has 8 heavy (non-hydrogen) atoms.